The molecule has 0 aliphatic rings. The van der Waals surface area contributed by atoms with Gasteiger partial charge in [-0.1, -0.05) is 11.2 Å². The second-order valence-electron chi connectivity index (χ2n) is 2.29. The van der Waals surface area contributed by atoms with Crippen LogP contribution in [-0.4, -0.2) is 5.16 Å². The molecule has 0 radical (unpaired) electrons. The molecule has 0 saturated carbocycles. The summed E-state index contributed by atoms with van der Waals surface area (Å²) in [5, 5.41) is 5.79. The van der Waals surface area contributed by atoms with Gasteiger partial charge in [0.15, 0.2) is 5.76 Å². The van der Waals surface area contributed by atoms with Gasteiger partial charge in [0, 0.05) is 6.07 Å². The van der Waals surface area contributed by atoms with E-state index < -0.39 is 0 Å². The van der Waals surface area contributed by atoms with Gasteiger partial charge in [-0.25, -0.2) is 0 Å². The highest BCUT2D eigenvalue weighted by Gasteiger charge is 2.05. The maximum atomic E-state index is 5.58. The van der Waals surface area contributed by atoms with Crippen LogP contribution in [0.4, 0.5) is 0 Å². The van der Waals surface area contributed by atoms with Crippen molar-refractivity contribution < 1.29 is 4.52 Å². The van der Waals surface area contributed by atoms with Gasteiger partial charge in [0.25, 0.3) is 0 Å². The fourth-order valence-corrected chi connectivity index (χ4v) is 1.71. The Hall–Kier alpha value is -0.800. The molecule has 0 unspecified atom stereocenters. The summed E-state index contributed by atoms with van der Waals surface area (Å²) in [6.07, 6.45) is 0. The van der Waals surface area contributed by atoms with Crippen LogP contribution in [0.15, 0.2) is 28.1 Å². The van der Waals surface area contributed by atoms with E-state index in [0.29, 0.717) is 5.88 Å². The number of halogens is 1. The Morgan fingerprint density at radius 1 is 1.58 bits per heavy atom. The number of nitrogens with zero attached hydrogens (tertiary/aromatic N) is 1. The van der Waals surface area contributed by atoms with Crippen LogP contribution in [-0.2, 0) is 5.88 Å². The molecule has 0 atom stereocenters. The van der Waals surface area contributed by atoms with Crippen molar-refractivity contribution in [2.24, 2.45) is 0 Å². The third-order valence-electron chi connectivity index (χ3n) is 1.46. The molecule has 0 amide bonds. The summed E-state index contributed by atoms with van der Waals surface area (Å²) < 4.78 is 5.08. The molecule has 0 saturated heterocycles. The van der Waals surface area contributed by atoms with Crippen LogP contribution in [0.1, 0.15) is 5.69 Å². The average Bonchev–Trinajstić information content (AvgIpc) is 2.75. The van der Waals surface area contributed by atoms with E-state index in [1.807, 2.05) is 23.6 Å². The Bertz CT molecular complexity index is 355. The minimum absolute atomic E-state index is 0.398. The standard InChI is InChI=1S/C8H6ClNOS/c9-5-6-4-7(11-10-6)8-2-1-3-12-8/h1-4H,5H2. The zero-order valence-corrected chi connectivity index (χ0v) is 7.73. The summed E-state index contributed by atoms with van der Waals surface area (Å²) >= 11 is 7.21. The van der Waals surface area contributed by atoms with E-state index in [0.717, 1.165) is 16.3 Å². The normalized spacial score (nSPS) is 10.4. The molecule has 12 heavy (non-hydrogen) atoms. The molecular weight excluding hydrogens is 194 g/mol. The van der Waals surface area contributed by atoms with E-state index in [-0.39, 0.29) is 0 Å². The van der Waals surface area contributed by atoms with Crippen LogP contribution in [0.5, 0.6) is 0 Å². The zero-order valence-electron chi connectivity index (χ0n) is 6.16. The van der Waals surface area contributed by atoms with E-state index >= 15 is 0 Å². The van der Waals surface area contributed by atoms with Crippen LogP contribution in [0.25, 0.3) is 10.6 Å². The van der Waals surface area contributed by atoms with Crippen molar-refractivity contribution in [2.75, 3.05) is 0 Å². The van der Waals surface area contributed by atoms with Crippen molar-refractivity contribution in [3.05, 3.63) is 29.3 Å². The Kier molecular flexibility index (Phi) is 2.15. The maximum Gasteiger partial charge on any atom is 0.177 e. The molecule has 0 spiro atoms. The van der Waals surface area contributed by atoms with Crippen molar-refractivity contribution in [1.82, 2.24) is 5.16 Å². The molecule has 2 aromatic rings. The van der Waals surface area contributed by atoms with Crippen LogP contribution < -0.4 is 0 Å². The Morgan fingerprint density at radius 2 is 2.50 bits per heavy atom. The lowest BCUT2D eigenvalue weighted by Gasteiger charge is -1.82. The smallest absolute Gasteiger partial charge is 0.177 e. The minimum Gasteiger partial charge on any atom is -0.355 e. The summed E-state index contributed by atoms with van der Waals surface area (Å²) in [5.74, 6) is 1.19. The number of aromatic nitrogens is 1. The molecule has 0 aliphatic heterocycles. The van der Waals surface area contributed by atoms with Crippen molar-refractivity contribution in [2.45, 2.75) is 5.88 Å². The van der Waals surface area contributed by atoms with Gasteiger partial charge in [0.2, 0.25) is 0 Å². The van der Waals surface area contributed by atoms with Crippen molar-refractivity contribution in [1.29, 1.82) is 0 Å². The number of hydrogen-bond donors (Lipinski definition) is 0. The number of rotatable bonds is 2. The van der Waals surface area contributed by atoms with Crippen LogP contribution in [0.2, 0.25) is 0 Å². The van der Waals surface area contributed by atoms with E-state index in [2.05, 4.69) is 5.16 Å². The lowest BCUT2D eigenvalue weighted by Crippen LogP contribution is -1.70. The molecule has 0 bridgehead atoms. The van der Waals surface area contributed by atoms with Gasteiger partial charge in [0.1, 0.15) is 0 Å². The molecule has 0 aliphatic carbocycles. The van der Waals surface area contributed by atoms with Gasteiger partial charge in [0.05, 0.1) is 16.5 Å². The Balaban J connectivity index is 2.35. The molecule has 2 aromatic heterocycles. The number of thiophene rings is 1. The zero-order chi connectivity index (χ0) is 8.39. The number of alkyl halides is 1. The molecule has 2 heterocycles. The molecule has 62 valence electrons. The predicted octanol–water partition coefficient (Wildman–Crippen LogP) is 3.14. The Morgan fingerprint density at radius 3 is 3.08 bits per heavy atom. The monoisotopic (exact) mass is 199 g/mol. The molecule has 0 fully saturated rings. The molecule has 2 rings (SSSR count). The molecule has 0 N–H and O–H groups in total. The van der Waals surface area contributed by atoms with Crippen LogP contribution in [0.3, 0.4) is 0 Å². The van der Waals surface area contributed by atoms with E-state index in [4.69, 9.17) is 16.1 Å². The highest BCUT2D eigenvalue weighted by atomic mass is 35.5. The second-order valence-corrected chi connectivity index (χ2v) is 3.51. The lowest BCUT2D eigenvalue weighted by atomic mass is 10.3. The van der Waals surface area contributed by atoms with Crippen LogP contribution >= 0.6 is 22.9 Å². The van der Waals surface area contributed by atoms with Gasteiger partial charge in [-0.2, -0.15) is 0 Å². The van der Waals surface area contributed by atoms with Gasteiger partial charge in [-0.15, -0.1) is 22.9 Å². The molecule has 4 heteroatoms. The quantitative estimate of drug-likeness (QED) is 0.695. The minimum atomic E-state index is 0.398. The van der Waals surface area contributed by atoms with Gasteiger partial charge < -0.3 is 4.52 Å². The summed E-state index contributed by atoms with van der Waals surface area (Å²) in [6.45, 7) is 0. The van der Waals surface area contributed by atoms with Crippen molar-refractivity contribution >= 4 is 22.9 Å². The predicted molar refractivity (Wildman–Crippen MR) is 49.4 cm³/mol. The first-order valence-electron chi connectivity index (χ1n) is 3.45. The van der Waals surface area contributed by atoms with E-state index in [1.54, 1.807) is 11.3 Å². The third-order valence-corrected chi connectivity index (χ3v) is 2.62. The summed E-state index contributed by atoms with van der Waals surface area (Å²) in [4.78, 5) is 1.08. The molecule has 2 nitrogen and oxygen atoms in total. The Labute approximate surface area is 78.8 Å². The first-order valence-corrected chi connectivity index (χ1v) is 4.87. The van der Waals surface area contributed by atoms with Gasteiger partial charge in [-0.3, -0.25) is 0 Å². The molecular formula is C8H6ClNOS. The summed E-state index contributed by atoms with van der Waals surface area (Å²) in [5.41, 5.74) is 0.778. The fraction of sp³-hybridized carbons (Fsp3) is 0.125. The van der Waals surface area contributed by atoms with Crippen molar-refractivity contribution in [3.8, 4) is 10.6 Å². The largest absolute Gasteiger partial charge is 0.355 e. The topological polar surface area (TPSA) is 26.0 Å². The van der Waals surface area contributed by atoms with Gasteiger partial charge in [-0.05, 0) is 11.4 Å². The number of hydrogen-bond acceptors (Lipinski definition) is 3. The lowest BCUT2D eigenvalue weighted by molar-refractivity contribution is 0.427. The van der Waals surface area contributed by atoms with E-state index in [1.165, 1.54) is 0 Å². The highest BCUT2D eigenvalue weighted by Crippen LogP contribution is 2.25. The first-order chi connectivity index (χ1) is 5.90. The average molecular weight is 200 g/mol. The van der Waals surface area contributed by atoms with E-state index in [9.17, 15) is 0 Å². The summed E-state index contributed by atoms with van der Waals surface area (Å²) in [6, 6.07) is 5.82. The molecule has 0 aromatic carbocycles. The van der Waals surface area contributed by atoms with Crippen molar-refractivity contribution in [3.63, 3.8) is 0 Å². The highest BCUT2D eigenvalue weighted by molar-refractivity contribution is 7.13. The van der Waals surface area contributed by atoms with Gasteiger partial charge >= 0.3 is 0 Å². The fourth-order valence-electron chi connectivity index (χ4n) is 0.910. The van der Waals surface area contributed by atoms with Crippen LogP contribution in [0, 0.1) is 0 Å². The SMILES string of the molecule is ClCc1cc(-c2cccs2)on1. The third kappa shape index (κ3) is 1.38. The summed E-state index contributed by atoms with van der Waals surface area (Å²) in [7, 11) is 0. The second kappa shape index (κ2) is 3.29. The first kappa shape index (κ1) is 7.83. The maximum absolute atomic E-state index is 5.58.